The second kappa shape index (κ2) is 9.62. The molecule has 1 aliphatic heterocycles. The Labute approximate surface area is 135 Å². The zero-order chi connectivity index (χ0) is 15.6. The summed E-state index contributed by atoms with van der Waals surface area (Å²) in [5.74, 6) is 0.331. The Morgan fingerprint density at radius 1 is 1.00 bits per heavy atom. The van der Waals surface area contributed by atoms with E-state index in [0.29, 0.717) is 12.3 Å². The van der Waals surface area contributed by atoms with E-state index in [9.17, 15) is 4.79 Å². The molecule has 1 amide bonds. The zero-order valence-electron chi connectivity index (χ0n) is 13.7. The van der Waals surface area contributed by atoms with Gasteiger partial charge in [-0.1, -0.05) is 50.1 Å². The summed E-state index contributed by atoms with van der Waals surface area (Å²) in [6, 6.07) is 10.7. The number of aryl methyl sites for hydroxylation is 1. The lowest BCUT2D eigenvalue weighted by atomic mass is 10.1. The summed E-state index contributed by atoms with van der Waals surface area (Å²) >= 11 is 0. The molecule has 1 aromatic rings. The summed E-state index contributed by atoms with van der Waals surface area (Å²) in [5.41, 5.74) is 1.42. The highest BCUT2D eigenvalue weighted by Crippen LogP contribution is 2.09. The number of amides is 1. The van der Waals surface area contributed by atoms with E-state index in [1.807, 2.05) is 4.90 Å². The number of carbonyl (C=O) groups is 1. The van der Waals surface area contributed by atoms with E-state index >= 15 is 0 Å². The molecule has 1 radical (unpaired) electrons. The number of benzene rings is 1. The van der Waals surface area contributed by atoms with Crippen molar-refractivity contribution in [3.63, 3.8) is 0 Å². The Hall–Kier alpha value is -1.35. The molecule has 3 nitrogen and oxygen atoms in total. The van der Waals surface area contributed by atoms with Gasteiger partial charge in [0.15, 0.2) is 0 Å². The minimum absolute atomic E-state index is 0.331. The van der Waals surface area contributed by atoms with E-state index in [-0.39, 0.29) is 0 Å². The number of nitrogens with zero attached hydrogens (tertiary/aromatic N) is 2. The molecule has 1 aromatic carbocycles. The van der Waals surface area contributed by atoms with Gasteiger partial charge in [-0.2, -0.15) is 0 Å². The molecule has 0 spiro atoms. The van der Waals surface area contributed by atoms with E-state index in [1.54, 1.807) is 0 Å². The highest BCUT2D eigenvalue weighted by molar-refractivity contribution is 5.76. The lowest BCUT2D eigenvalue weighted by Crippen LogP contribution is -2.48. The fourth-order valence-corrected chi connectivity index (χ4v) is 2.98. The van der Waals surface area contributed by atoms with Crippen molar-refractivity contribution in [2.45, 2.75) is 38.5 Å². The molecule has 0 saturated carbocycles. The largest absolute Gasteiger partial charge is 0.340 e. The molecule has 0 atom stereocenters. The highest BCUT2D eigenvalue weighted by Gasteiger charge is 2.20. The van der Waals surface area contributed by atoms with Gasteiger partial charge in [0.1, 0.15) is 0 Å². The van der Waals surface area contributed by atoms with Gasteiger partial charge >= 0.3 is 0 Å². The fourth-order valence-electron chi connectivity index (χ4n) is 2.98. The minimum atomic E-state index is 0.331. The first kappa shape index (κ1) is 17.0. The van der Waals surface area contributed by atoms with Gasteiger partial charge < -0.3 is 4.90 Å². The van der Waals surface area contributed by atoms with Crippen LogP contribution in [0.15, 0.2) is 30.3 Å². The maximum Gasteiger partial charge on any atom is 0.222 e. The van der Waals surface area contributed by atoms with Crippen molar-refractivity contribution in [1.82, 2.24) is 9.80 Å². The molecule has 1 fully saturated rings. The SMILES string of the molecule is [CH2]CCCCC(=O)N1CCN(CCCc2ccccc2)CC1. The quantitative estimate of drug-likeness (QED) is 0.689. The number of piperazine rings is 1. The predicted octanol–water partition coefficient (Wildman–Crippen LogP) is 3.16. The number of unbranched alkanes of at least 4 members (excludes halogenated alkanes) is 2. The van der Waals surface area contributed by atoms with Gasteiger partial charge in [0.25, 0.3) is 0 Å². The fraction of sp³-hybridized carbons (Fsp3) is 0.579. The van der Waals surface area contributed by atoms with Crippen LogP contribution < -0.4 is 0 Å². The number of carbonyl (C=O) groups excluding carboxylic acids is 1. The molecule has 0 aromatic heterocycles. The lowest BCUT2D eigenvalue weighted by Gasteiger charge is -2.34. The Kier molecular flexibility index (Phi) is 7.44. The van der Waals surface area contributed by atoms with Crippen LogP contribution in [0.5, 0.6) is 0 Å². The van der Waals surface area contributed by atoms with E-state index in [4.69, 9.17) is 0 Å². The third-order valence-corrected chi connectivity index (χ3v) is 4.40. The molecule has 22 heavy (non-hydrogen) atoms. The van der Waals surface area contributed by atoms with Crippen LogP contribution in [0.4, 0.5) is 0 Å². The van der Waals surface area contributed by atoms with Crippen LogP contribution in [-0.4, -0.2) is 48.4 Å². The first-order chi connectivity index (χ1) is 10.8. The Morgan fingerprint density at radius 2 is 1.73 bits per heavy atom. The van der Waals surface area contributed by atoms with Crippen LogP contribution in [-0.2, 0) is 11.2 Å². The van der Waals surface area contributed by atoms with Gasteiger partial charge in [0.2, 0.25) is 5.91 Å². The van der Waals surface area contributed by atoms with Gasteiger partial charge in [-0.25, -0.2) is 0 Å². The first-order valence-electron chi connectivity index (χ1n) is 8.63. The lowest BCUT2D eigenvalue weighted by molar-refractivity contribution is -0.133. The summed E-state index contributed by atoms with van der Waals surface area (Å²) in [4.78, 5) is 16.6. The summed E-state index contributed by atoms with van der Waals surface area (Å²) in [5, 5.41) is 0. The Balaban J connectivity index is 1.59. The van der Waals surface area contributed by atoms with Crippen LogP contribution >= 0.6 is 0 Å². The molecular formula is C19H29N2O. The molecule has 2 rings (SSSR count). The van der Waals surface area contributed by atoms with Crippen LogP contribution in [0, 0.1) is 6.92 Å². The highest BCUT2D eigenvalue weighted by atomic mass is 16.2. The molecule has 0 N–H and O–H groups in total. The second-order valence-corrected chi connectivity index (χ2v) is 6.12. The zero-order valence-corrected chi connectivity index (χ0v) is 13.7. The van der Waals surface area contributed by atoms with Gasteiger partial charge in [-0.15, -0.1) is 0 Å². The van der Waals surface area contributed by atoms with Crippen LogP contribution in [0.2, 0.25) is 0 Å². The van der Waals surface area contributed by atoms with Crippen molar-refractivity contribution < 1.29 is 4.79 Å². The molecule has 121 valence electrons. The van der Waals surface area contributed by atoms with Crippen molar-refractivity contribution >= 4 is 5.91 Å². The predicted molar refractivity (Wildman–Crippen MR) is 91.6 cm³/mol. The monoisotopic (exact) mass is 301 g/mol. The molecule has 0 unspecified atom stereocenters. The molecule has 1 heterocycles. The molecular weight excluding hydrogens is 272 g/mol. The van der Waals surface area contributed by atoms with Crippen molar-refractivity contribution in [3.8, 4) is 0 Å². The number of rotatable bonds is 8. The smallest absolute Gasteiger partial charge is 0.222 e. The Bertz CT molecular complexity index is 424. The molecule has 3 heteroatoms. The van der Waals surface area contributed by atoms with E-state index < -0.39 is 0 Å². The summed E-state index contributed by atoms with van der Waals surface area (Å²) in [6.07, 6.45) is 6.02. The van der Waals surface area contributed by atoms with Crippen molar-refractivity contribution in [2.75, 3.05) is 32.7 Å². The maximum absolute atomic E-state index is 12.1. The molecule has 0 aliphatic carbocycles. The summed E-state index contributed by atoms with van der Waals surface area (Å²) < 4.78 is 0. The van der Waals surface area contributed by atoms with E-state index in [2.05, 4.69) is 42.2 Å². The third-order valence-electron chi connectivity index (χ3n) is 4.40. The van der Waals surface area contributed by atoms with Crippen LogP contribution in [0.25, 0.3) is 0 Å². The molecule has 1 saturated heterocycles. The average molecular weight is 301 g/mol. The van der Waals surface area contributed by atoms with E-state index in [0.717, 1.165) is 58.4 Å². The third kappa shape index (κ3) is 5.80. The van der Waals surface area contributed by atoms with Gasteiger partial charge in [0.05, 0.1) is 0 Å². The van der Waals surface area contributed by atoms with Crippen LogP contribution in [0.1, 0.15) is 37.7 Å². The van der Waals surface area contributed by atoms with Gasteiger partial charge in [0, 0.05) is 32.6 Å². The maximum atomic E-state index is 12.1. The average Bonchev–Trinajstić information content (AvgIpc) is 2.56. The standard InChI is InChI=1S/C19H29N2O/c1-2-3-5-12-19(22)21-16-14-20(15-17-21)13-8-11-18-9-6-4-7-10-18/h4,6-7,9-10H,1-3,5,8,11-17H2. The van der Waals surface area contributed by atoms with Crippen molar-refractivity contribution in [1.29, 1.82) is 0 Å². The Morgan fingerprint density at radius 3 is 2.41 bits per heavy atom. The van der Waals surface area contributed by atoms with Gasteiger partial charge in [-0.3, -0.25) is 9.69 Å². The van der Waals surface area contributed by atoms with E-state index in [1.165, 1.54) is 12.0 Å². The topological polar surface area (TPSA) is 23.6 Å². The first-order valence-corrected chi connectivity index (χ1v) is 8.63. The van der Waals surface area contributed by atoms with Crippen LogP contribution in [0.3, 0.4) is 0 Å². The van der Waals surface area contributed by atoms with Crippen molar-refractivity contribution in [3.05, 3.63) is 42.8 Å². The second-order valence-electron chi connectivity index (χ2n) is 6.12. The number of hydrogen-bond donors (Lipinski definition) is 0. The molecule has 1 aliphatic rings. The summed E-state index contributed by atoms with van der Waals surface area (Å²) in [7, 11) is 0. The number of hydrogen-bond acceptors (Lipinski definition) is 2. The van der Waals surface area contributed by atoms with Gasteiger partial charge in [-0.05, 0) is 31.4 Å². The summed E-state index contributed by atoms with van der Waals surface area (Å²) in [6.45, 7) is 8.80. The normalized spacial score (nSPS) is 16.0. The molecule has 0 bridgehead atoms. The van der Waals surface area contributed by atoms with Crippen molar-refractivity contribution in [2.24, 2.45) is 0 Å². The minimum Gasteiger partial charge on any atom is -0.340 e.